The van der Waals surface area contributed by atoms with E-state index in [0.29, 0.717) is 29.5 Å². The van der Waals surface area contributed by atoms with Gasteiger partial charge in [-0.3, -0.25) is 0 Å². The molecule has 0 saturated heterocycles. The highest BCUT2D eigenvalue weighted by Crippen LogP contribution is 2.25. The van der Waals surface area contributed by atoms with Gasteiger partial charge in [0.15, 0.2) is 0 Å². The molecule has 20 heavy (non-hydrogen) atoms. The summed E-state index contributed by atoms with van der Waals surface area (Å²) in [5.74, 6) is 0.301. The second kappa shape index (κ2) is 7.41. The molecule has 0 aliphatic heterocycles. The summed E-state index contributed by atoms with van der Waals surface area (Å²) in [4.78, 5) is 0.320. The van der Waals surface area contributed by atoms with Crippen molar-refractivity contribution in [2.45, 2.75) is 37.6 Å². The Morgan fingerprint density at radius 3 is 2.55 bits per heavy atom. The third-order valence-electron chi connectivity index (χ3n) is 3.34. The zero-order chi connectivity index (χ0) is 15.3. The molecule has 0 saturated carbocycles. The molecule has 1 atom stereocenters. The van der Waals surface area contributed by atoms with Crippen LogP contribution < -0.4 is 0 Å². The third kappa shape index (κ3) is 3.52. The summed E-state index contributed by atoms with van der Waals surface area (Å²) >= 11 is 5.85. The number of hydrogen-bond acceptors (Lipinski definition) is 3. The fourth-order valence-electron chi connectivity index (χ4n) is 2.25. The lowest BCUT2D eigenvalue weighted by Gasteiger charge is -2.27. The second-order valence-corrected chi connectivity index (χ2v) is 6.81. The van der Waals surface area contributed by atoms with E-state index >= 15 is 0 Å². The minimum Gasteiger partial charge on any atom is -0.383 e. The van der Waals surface area contributed by atoms with E-state index in [9.17, 15) is 8.42 Å². The standard InChI is InChI=1S/C14H22ClNO3S/c1-5-16(11(2)10-19-4)20(17,18)14-8-6-7-13(9-15)12(14)3/h6-8,11H,5,9-10H2,1-4H3. The van der Waals surface area contributed by atoms with Crippen LogP contribution in [0.15, 0.2) is 23.1 Å². The van der Waals surface area contributed by atoms with Gasteiger partial charge >= 0.3 is 0 Å². The van der Waals surface area contributed by atoms with Gasteiger partial charge in [-0.15, -0.1) is 11.6 Å². The number of sulfonamides is 1. The van der Waals surface area contributed by atoms with Gasteiger partial charge in [0.05, 0.1) is 11.5 Å². The van der Waals surface area contributed by atoms with Crippen molar-refractivity contribution in [2.24, 2.45) is 0 Å². The van der Waals surface area contributed by atoms with E-state index in [0.717, 1.165) is 5.56 Å². The van der Waals surface area contributed by atoms with Crippen LogP contribution in [0.5, 0.6) is 0 Å². The molecule has 1 rings (SSSR count). The molecule has 0 aliphatic rings. The van der Waals surface area contributed by atoms with Gasteiger partial charge in [-0.2, -0.15) is 4.31 Å². The fourth-order valence-corrected chi connectivity index (χ4v) is 4.44. The SMILES string of the molecule is CCN(C(C)COC)S(=O)(=O)c1cccc(CCl)c1C. The number of alkyl halides is 1. The Hall–Kier alpha value is -0.620. The molecule has 0 N–H and O–H groups in total. The molecule has 0 spiro atoms. The van der Waals surface area contributed by atoms with Crippen LogP contribution in [-0.2, 0) is 20.6 Å². The zero-order valence-corrected chi connectivity index (χ0v) is 14.0. The van der Waals surface area contributed by atoms with E-state index in [-0.39, 0.29) is 6.04 Å². The lowest BCUT2D eigenvalue weighted by Crippen LogP contribution is -2.41. The molecule has 0 amide bonds. The van der Waals surface area contributed by atoms with E-state index < -0.39 is 10.0 Å². The highest BCUT2D eigenvalue weighted by Gasteiger charge is 2.29. The maximum absolute atomic E-state index is 12.8. The lowest BCUT2D eigenvalue weighted by atomic mass is 10.1. The number of likely N-dealkylation sites (N-methyl/N-ethyl adjacent to an activating group) is 1. The summed E-state index contributed by atoms with van der Waals surface area (Å²) in [7, 11) is -1.98. The van der Waals surface area contributed by atoms with Crippen LogP contribution in [0, 0.1) is 6.92 Å². The van der Waals surface area contributed by atoms with Gasteiger partial charge in [0.25, 0.3) is 0 Å². The van der Waals surface area contributed by atoms with Gasteiger partial charge in [-0.25, -0.2) is 8.42 Å². The average Bonchev–Trinajstić information content (AvgIpc) is 2.39. The van der Waals surface area contributed by atoms with Gasteiger partial charge in [-0.05, 0) is 31.0 Å². The van der Waals surface area contributed by atoms with Crippen LogP contribution in [0.3, 0.4) is 0 Å². The van der Waals surface area contributed by atoms with Crippen LogP contribution in [0.4, 0.5) is 0 Å². The van der Waals surface area contributed by atoms with Crippen LogP contribution in [0.25, 0.3) is 0 Å². The molecule has 1 unspecified atom stereocenters. The van der Waals surface area contributed by atoms with Gasteiger partial charge in [0.2, 0.25) is 10.0 Å². The molecule has 0 bridgehead atoms. The van der Waals surface area contributed by atoms with Crippen molar-refractivity contribution in [2.75, 3.05) is 20.3 Å². The topological polar surface area (TPSA) is 46.6 Å². The number of rotatable bonds is 7. The molecular weight excluding hydrogens is 298 g/mol. The average molecular weight is 320 g/mol. The van der Waals surface area contributed by atoms with Crippen LogP contribution >= 0.6 is 11.6 Å². The monoisotopic (exact) mass is 319 g/mol. The highest BCUT2D eigenvalue weighted by molar-refractivity contribution is 7.89. The first-order valence-corrected chi connectivity index (χ1v) is 8.52. The summed E-state index contributed by atoms with van der Waals surface area (Å²) in [6.07, 6.45) is 0. The Labute approximate surface area is 126 Å². The predicted molar refractivity (Wildman–Crippen MR) is 81.6 cm³/mol. The first kappa shape index (κ1) is 17.4. The molecule has 0 heterocycles. The molecule has 0 aromatic heterocycles. The highest BCUT2D eigenvalue weighted by atomic mass is 35.5. The van der Waals surface area contributed by atoms with Gasteiger partial charge in [0.1, 0.15) is 0 Å². The van der Waals surface area contributed by atoms with Crippen molar-refractivity contribution in [3.8, 4) is 0 Å². The molecule has 1 aromatic rings. The molecular formula is C14H22ClNO3S. The van der Waals surface area contributed by atoms with Crippen molar-refractivity contribution in [3.63, 3.8) is 0 Å². The maximum Gasteiger partial charge on any atom is 0.243 e. The second-order valence-electron chi connectivity index (χ2n) is 4.69. The largest absolute Gasteiger partial charge is 0.383 e. The smallest absolute Gasteiger partial charge is 0.243 e. The number of nitrogens with zero attached hydrogens (tertiary/aromatic N) is 1. The van der Waals surface area contributed by atoms with Crippen molar-refractivity contribution in [1.29, 1.82) is 0 Å². The number of benzene rings is 1. The predicted octanol–water partition coefficient (Wildman–Crippen LogP) is 2.78. The van der Waals surface area contributed by atoms with Crippen molar-refractivity contribution in [3.05, 3.63) is 29.3 Å². The van der Waals surface area contributed by atoms with Gasteiger partial charge < -0.3 is 4.74 Å². The van der Waals surface area contributed by atoms with E-state index in [1.807, 2.05) is 19.9 Å². The Bertz CT molecular complexity index is 545. The van der Waals surface area contributed by atoms with Crippen molar-refractivity contribution >= 4 is 21.6 Å². The van der Waals surface area contributed by atoms with Crippen molar-refractivity contribution in [1.82, 2.24) is 4.31 Å². The number of hydrogen-bond donors (Lipinski definition) is 0. The zero-order valence-electron chi connectivity index (χ0n) is 12.4. The minimum atomic E-state index is -3.54. The summed E-state index contributed by atoms with van der Waals surface area (Å²) in [5, 5.41) is 0. The Morgan fingerprint density at radius 1 is 1.40 bits per heavy atom. The van der Waals surface area contributed by atoms with Crippen LogP contribution in [-0.4, -0.2) is 39.0 Å². The summed E-state index contributed by atoms with van der Waals surface area (Å²) < 4.78 is 32.1. The lowest BCUT2D eigenvalue weighted by molar-refractivity contribution is 0.142. The normalized spacial score (nSPS) is 13.7. The molecule has 6 heteroatoms. The first-order valence-electron chi connectivity index (χ1n) is 6.55. The number of ether oxygens (including phenoxy) is 1. The van der Waals surface area contributed by atoms with Gasteiger partial charge in [-0.1, -0.05) is 19.1 Å². The van der Waals surface area contributed by atoms with E-state index in [2.05, 4.69) is 0 Å². The number of methoxy groups -OCH3 is 1. The van der Waals surface area contributed by atoms with E-state index in [1.54, 1.807) is 26.2 Å². The minimum absolute atomic E-state index is 0.214. The first-order chi connectivity index (χ1) is 9.39. The quantitative estimate of drug-likeness (QED) is 0.726. The molecule has 0 aliphatic carbocycles. The summed E-state index contributed by atoms with van der Waals surface area (Å²) in [5.41, 5.74) is 1.55. The molecule has 114 valence electrons. The van der Waals surface area contributed by atoms with Crippen LogP contribution in [0.1, 0.15) is 25.0 Å². The molecule has 0 fully saturated rings. The molecule has 4 nitrogen and oxygen atoms in total. The van der Waals surface area contributed by atoms with E-state index in [4.69, 9.17) is 16.3 Å². The van der Waals surface area contributed by atoms with E-state index in [1.165, 1.54) is 4.31 Å². The summed E-state index contributed by atoms with van der Waals surface area (Å²) in [6.45, 7) is 6.22. The van der Waals surface area contributed by atoms with Crippen LogP contribution in [0.2, 0.25) is 0 Å². The Morgan fingerprint density at radius 2 is 2.05 bits per heavy atom. The fraction of sp³-hybridized carbons (Fsp3) is 0.571. The summed E-state index contributed by atoms with van der Waals surface area (Å²) in [6, 6.07) is 4.99. The van der Waals surface area contributed by atoms with Gasteiger partial charge in [0, 0.05) is 25.6 Å². The third-order valence-corrected chi connectivity index (χ3v) is 5.86. The number of halogens is 1. The molecule has 1 aromatic carbocycles. The van der Waals surface area contributed by atoms with Crippen molar-refractivity contribution < 1.29 is 13.2 Å². The Kier molecular flexibility index (Phi) is 6.45. The molecule has 0 radical (unpaired) electrons. The maximum atomic E-state index is 12.8. The Balaban J connectivity index is 3.28.